The lowest BCUT2D eigenvalue weighted by Crippen LogP contribution is -2.45. The average Bonchev–Trinajstić information content (AvgIpc) is 3.49. The van der Waals surface area contributed by atoms with E-state index in [2.05, 4.69) is 0 Å². The number of ether oxygens (including phenoxy) is 1. The van der Waals surface area contributed by atoms with Crippen molar-refractivity contribution in [1.82, 2.24) is 4.90 Å². The standard InChI is InChI=1S/C25H20ClN3O8/c1-2-36-25(33)15-5-8-17(9-6-15)28-22(30)13-21(24(28)32)27(14-18-4-3-11-37-18)23(31)16-7-10-19(26)20(12-16)29(34)35/h3-12,21H,2,13-14H2,1H3. The number of nitro benzene ring substituents is 1. The van der Waals surface area contributed by atoms with Crippen LogP contribution in [0.1, 0.15) is 39.8 Å². The van der Waals surface area contributed by atoms with Gasteiger partial charge >= 0.3 is 5.97 Å². The number of hydrogen-bond acceptors (Lipinski definition) is 8. The number of imide groups is 1. The number of rotatable bonds is 8. The Morgan fingerprint density at radius 3 is 2.49 bits per heavy atom. The van der Waals surface area contributed by atoms with Crippen molar-refractivity contribution < 1.29 is 33.3 Å². The number of amides is 3. The van der Waals surface area contributed by atoms with Gasteiger partial charge in [-0.05, 0) is 55.5 Å². The van der Waals surface area contributed by atoms with Gasteiger partial charge < -0.3 is 14.1 Å². The highest BCUT2D eigenvalue weighted by atomic mass is 35.5. The maximum absolute atomic E-state index is 13.5. The molecule has 3 aromatic rings. The number of furan rings is 1. The second kappa shape index (κ2) is 10.6. The van der Waals surface area contributed by atoms with E-state index in [0.29, 0.717) is 5.76 Å². The van der Waals surface area contributed by atoms with Crippen LogP contribution in [0.4, 0.5) is 11.4 Å². The van der Waals surface area contributed by atoms with Crippen molar-refractivity contribution >= 4 is 46.7 Å². The van der Waals surface area contributed by atoms with Gasteiger partial charge in [0.2, 0.25) is 5.91 Å². The molecule has 0 saturated carbocycles. The van der Waals surface area contributed by atoms with Crippen LogP contribution in [0.5, 0.6) is 0 Å². The third kappa shape index (κ3) is 5.21. The monoisotopic (exact) mass is 525 g/mol. The largest absolute Gasteiger partial charge is 0.467 e. The molecule has 1 unspecified atom stereocenters. The number of nitrogens with zero attached hydrogens (tertiary/aromatic N) is 3. The first-order valence-electron chi connectivity index (χ1n) is 11.1. The van der Waals surface area contributed by atoms with Gasteiger partial charge in [0.15, 0.2) is 0 Å². The lowest BCUT2D eigenvalue weighted by Gasteiger charge is -2.27. The third-order valence-corrected chi connectivity index (χ3v) is 6.01. The second-order valence-corrected chi connectivity index (χ2v) is 8.40. The van der Waals surface area contributed by atoms with Crippen LogP contribution >= 0.6 is 11.6 Å². The molecule has 1 aliphatic heterocycles. The Morgan fingerprint density at radius 2 is 1.86 bits per heavy atom. The molecule has 3 amide bonds. The smallest absolute Gasteiger partial charge is 0.338 e. The lowest BCUT2D eigenvalue weighted by molar-refractivity contribution is -0.384. The summed E-state index contributed by atoms with van der Waals surface area (Å²) in [5.74, 6) is -2.15. The van der Waals surface area contributed by atoms with E-state index in [-0.39, 0.29) is 41.4 Å². The van der Waals surface area contributed by atoms with E-state index in [4.69, 9.17) is 20.8 Å². The molecule has 11 nitrogen and oxygen atoms in total. The SMILES string of the molecule is CCOC(=O)c1ccc(N2C(=O)CC(N(Cc3ccco3)C(=O)c3ccc(Cl)c([N+](=O)[O-])c3)C2=O)cc1. The van der Waals surface area contributed by atoms with Crippen molar-refractivity contribution in [2.45, 2.75) is 25.9 Å². The molecule has 4 rings (SSSR count). The third-order valence-electron chi connectivity index (χ3n) is 5.69. The summed E-state index contributed by atoms with van der Waals surface area (Å²) >= 11 is 5.88. The number of carbonyl (C=O) groups excluding carboxylic acids is 4. The molecule has 12 heteroatoms. The van der Waals surface area contributed by atoms with Gasteiger partial charge in [0.1, 0.15) is 16.8 Å². The van der Waals surface area contributed by atoms with Crippen LogP contribution in [-0.2, 0) is 20.9 Å². The quantitative estimate of drug-likeness (QED) is 0.186. The summed E-state index contributed by atoms with van der Waals surface area (Å²) in [6.07, 6.45) is 1.07. The zero-order valence-corrected chi connectivity index (χ0v) is 20.2. The van der Waals surface area contributed by atoms with Crippen LogP contribution in [0.25, 0.3) is 0 Å². The van der Waals surface area contributed by atoms with Crippen LogP contribution in [0.3, 0.4) is 0 Å². The molecule has 1 saturated heterocycles. The molecule has 37 heavy (non-hydrogen) atoms. The molecule has 2 heterocycles. The molecule has 1 aromatic heterocycles. The summed E-state index contributed by atoms with van der Waals surface area (Å²) in [7, 11) is 0. The van der Waals surface area contributed by atoms with Gasteiger partial charge in [0, 0.05) is 11.6 Å². The summed E-state index contributed by atoms with van der Waals surface area (Å²) in [5.41, 5.74) is -0.0824. The van der Waals surface area contributed by atoms with Gasteiger partial charge in [0.05, 0.1) is 42.0 Å². The zero-order chi connectivity index (χ0) is 26.7. The van der Waals surface area contributed by atoms with E-state index in [1.165, 1.54) is 42.7 Å². The number of carbonyl (C=O) groups is 4. The highest BCUT2D eigenvalue weighted by Crippen LogP contribution is 2.30. The van der Waals surface area contributed by atoms with Crippen molar-refractivity contribution in [1.29, 1.82) is 0 Å². The van der Waals surface area contributed by atoms with Gasteiger partial charge in [-0.2, -0.15) is 0 Å². The van der Waals surface area contributed by atoms with Crippen molar-refractivity contribution in [3.63, 3.8) is 0 Å². The molecule has 0 N–H and O–H groups in total. The first-order valence-corrected chi connectivity index (χ1v) is 11.5. The normalized spacial score (nSPS) is 15.1. The fraction of sp³-hybridized carbons (Fsp3) is 0.200. The molecule has 1 fully saturated rings. The Morgan fingerprint density at radius 1 is 1.16 bits per heavy atom. The summed E-state index contributed by atoms with van der Waals surface area (Å²) < 4.78 is 10.3. The van der Waals surface area contributed by atoms with E-state index in [1.54, 1.807) is 19.1 Å². The molecular weight excluding hydrogens is 506 g/mol. The van der Waals surface area contributed by atoms with Crippen LogP contribution in [0, 0.1) is 10.1 Å². The Bertz CT molecular complexity index is 1370. The fourth-order valence-corrected chi connectivity index (χ4v) is 4.12. The number of halogens is 1. The van der Waals surface area contributed by atoms with Gasteiger partial charge in [-0.25, -0.2) is 9.69 Å². The lowest BCUT2D eigenvalue weighted by atomic mass is 10.1. The average molecular weight is 526 g/mol. The van der Waals surface area contributed by atoms with Crippen molar-refractivity contribution in [3.8, 4) is 0 Å². The minimum absolute atomic E-state index is 0.0832. The molecule has 0 radical (unpaired) electrons. The molecular formula is C25H20ClN3O8. The highest BCUT2D eigenvalue weighted by Gasteiger charge is 2.45. The van der Waals surface area contributed by atoms with E-state index in [9.17, 15) is 29.3 Å². The maximum atomic E-state index is 13.5. The van der Waals surface area contributed by atoms with Crippen LogP contribution < -0.4 is 4.90 Å². The Labute approximate surface area is 215 Å². The van der Waals surface area contributed by atoms with Crippen molar-refractivity contribution in [3.05, 3.63) is 92.9 Å². The number of esters is 1. The number of hydrogen-bond donors (Lipinski definition) is 0. The number of benzene rings is 2. The van der Waals surface area contributed by atoms with E-state index in [0.717, 1.165) is 15.9 Å². The van der Waals surface area contributed by atoms with Gasteiger partial charge in [-0.1, -0.05) is 11.6 Å². The second-order valence-electron chi connectivity index (χ2n) is 7.99. The molecule has 2 aromatic carbocycles. The molecule has 1 atom stereocenters. The zero-order valence-electron chi connectivity index (χ0n) is 19.5. The molecule has 1 aliphatic rings. The van der Waals surface area contributed by atoms with Crippen molar-refractivity contribution in [2.24, 2.45) is 0 Å². The topological polar surface area (TPSA) is 140 Å². The van der Waals surface area contributed by atoms with Gasteiger partial charge in [-0.3, -0.25) is 24.5 Å². The fourth-order valence-electron chi connectivity index (χ4n) is 3.94. The van der Waals surface area contributed by atoms with Crippen LogP contribution in [0.15, 0.2) is 65.3 Å². The van der Waals surface area contributed by atoms with Crippen LogP contribution in [-0.4, -0.2) is 46.2 Å². The molecule has 190 valence electrons. The molecule has 0 aliphatic carbocycles. The van der Waals surface area contributed by atoms with E-state index >= 15 is 0 Å². The summed E-state index contributed by atoms with van der Waals surface area (Å²) in [5, 5.41) is 11.2. The minimum atomic E-state index is -1.20. The Kier molecular flexibility index (Phi) is 7.35. The van der Waals surface area contributed by atoms with Crippen molar-refractivity contribution in [2.75, 3.05) is 11.5 Å². The molecule has 0 bridgehead atoms. The van der Waals surface area contributed by atoms with Gasteiger partial charge in [-0.15, -0.1) is 0 Å². The number of anilines is 1. The van der Waals surface area contributed by atoms with E-state index in [1.807, 2.05) is 0 Å². The Balaban J connectivity index is 1.65. The predicted octanol–water partition coefficient (Wildman–Crippen LogP) is 3.99. The summed E-state index contributed by atoms with van der Waals surface area (Å²) in [6.45, 7) is 1.70. The Hall–Kier alpha value is -4.51. The minimum Gasteiger partial charge on any atom is -0.467 e. The number of nitro groups is 1. The highest BCUT2D eigenvalue weighted by molar-refractivity contribution is 6.32. The first kappa shape index (κ1) is 25.6. The first-order chi connectivity index (χ1) is 17.7. The summed E-state index contributed by atoms with van der Waals surface area (Å²) in [6, 6.07) is 11.3. The molecule has 0 spiro atoms. The maximum Gasteiger partial charge on any atom is 0.338 e. The van der Waals surface area contributed by atoms with E-state index < -0.39 is 40.3 Å². The predicted molar refractivity (Wildman–Crippen MR) is 130 cm³/mol. The summed E-state index contributed by atoms with van der Waals surface area (Å²) in [4.78, 5) is 64.5. The van der Waals surface area contributed by atoms with Gasteiger partial charge in [0.25, 0.3) is 17.5 Å². The van der Waals surface area contributed by atoms with Crippen LogP contribution in [0.2, 0.25) is 5.02 Å².